The molecule has 6 heteroatoms. The fourth-order valence-electron chi connectivity index (χ4n) is 6.06. The molecule has 1 heterocycles. The van der Waals surface area contributed by atoms with Crippen LogP contribution in [0.15, 0.2) is 60.7 Å². The van der Waals surface area contributed by atoms with Crippen LogP contribution in [0.3, 0.4) is 0 Å². The third kappa shape index (κ3) is 5.27. The van der Waals surface area contributed by atoms with Crippen LogP contribution in [-0.4, -0.2) is 48.9 Å². The number of hydrogen-bond donors (Lipinski definition) is 1. The maximum absolute atomic E-state index is 13.3. The topological polar surface area (TPSA) is 59.0 Å². The predicted octanol–water partition coefficient (Wildman–Crippen LogP) is 5.31. The zero-order chi connectivity index (χ0) is 26.1. The van der Waals surface area contributed by atoms with Gasteiger partial charge in [-0.2, -0.15) is 0 Å². The Morgan fingerprint density at radius 3 is 1.89 bits per heavy atom. The van der Waals surface area contributed by atoms with Crippen molar-refractivity contribution in [1.82, 2.24) is 4.90 Å². The Morgan fingerprint density at radius 2 is 1.47 bits per heavy atom. The molecule has 0 aromatic heterocycles. The van der Waals surface area contributed by atoms with E-state index in [4.69, 9.17) is 9.16 Å². The van der Waals surface area contributed by atoms with E-state index < -0.39 is 26.2 Å². The molecule has 0 radical (unpaired) electrons. The second-order valence-electron chi connectivity index (χ2n) is 12.5. The second-order valence-corrected chi connectivity index (χ2v) is 16.8. The first-order chi connectivity index (χ1) is 16.9. The minimum atomic E-state index is -2.77. The third-order valence-electron chi connectivity index (χ3n) is 7.90. The Morgan fingerprint density at radius 1 is 0.944 bits per heavy atom. The van der Waals surface area contributed by atoms with Gasteiger partial charge in [0.15, 0.2) is 0 Å². The quantitative estimate of drug-likeness (QED) is 0.537. The zero-order valence-corrected chi connectivity index (χ0v) is 23.7. The molecule has 4 rings (SSSR count). The van der Waals surface area contributed by atoms with E-state index in [0.29, 0.717) is 18.9 Å². The minimum absolute atomic E-state index is 0.157. The lowest BCUT2D eigenvalue weighted by Gasteiger charge is -2.45. The molecule has 196 valence electrons. The van der Waals surface area contributed by atoms with Gasteiger partial charge in [0.25, 0.3) is 8.32 Å². The Labute approximate surface area is 217 Å². The fourth-order valence-corrected chi connectivity index (χ4v) is 10.6. The summed E-state index contributed by atoms with van der Waals surface area (Å²) in [5.41, 5.74) is -0.630. The summed E-state index contributed by atoms with van der Waals surface area (Å²) in [6.07, 6.45) is 2.79. The number of rotatable bonds is 6. The average molecular weight is 510 g/mol. The number of likely N-dealkylation sites (tertiary alicyclic amines) is 1. The molecule has 1 saturated heterocycles. The van der Waals surface area contributed by atoms with Gasteiger partial charge in [-0.15, -0.1) is 0 Å². The van der Waals surface area contributed by atoms with E-state index in [1.807, 2.05) is 32.9 Å². The van der Waals surface area contributed by atoms with Gasteiger partial charge in [-0.1, -0.05) is 101 Å². The third-order valence-corrected chi connectivity index (χ3v) is 12.9. The monoisotopic (exact) mass is 509 g/mol. The van der Waals surface area contributed by atoms with Gasteiger partial charge >= 0.3 is 6.09 Å². The van der Waals surface area contributed by atoms with Gasteiger partial charge in [-0.3, -0.25) is 4.90 Å². The van der Waals surface area contributed by atoms with Crippen LogP contribution in [0.5, 0.6) is 0 Å². The second kappa shape index (κ2) is 10.3. The fraction of sp³-hybridized carbons (Fsp3) is 0.567. The van der Waals surface area contributed by atoms with E-state index in [-0.39, 0.29) is 17.0 Å². The normalized spacial score (nSPS) is 23.4. The summed E-state index contributed by atoms with van der Waals surface area (Å²) < 4.78 is 13.0. The highest BCUT2D eigenvalue weighted by atomic mass is 28.4. The van der Waals surface area contributed by atoms with Crippen molar-refractivity contribution in [2.24, 2.45) is 11.8 Å². The van der Waals surface area contributed by atoms with Gasteiger partial charge in [0.05, 0.1) is 12.6 Å². The molecule has 1 aliphatic heterocycles. The van der Waals surface area contributed by atoms with Gasteiger partial charge in [-0.05, 0) is 54.4 Å². The highest BCUT2D eigenvalue weighted by Gasteiger charge is 2.53. The molecule has 1 N–H and O–H groups in total. The molecule has 3 atom stereocenters. The molecule has 1 amide bonds. The molecule has 1 saturated carbocycles. The summed E-state index contributed by atoms with van der Waals surface area (Å²) in [6, 6.07) is 20.9. The van der Waals surface area contributed by atoms with Crippen LogP contribution in [0.25, 0.3) is 0 Å². The molecule has 5 nitrogen and oxygen atoms in total. The maximum Gasteiger partial charge on any atom is 0.412 e. The van der Waals surface area contributed by atoms with E-state index in [0.717, 1.165) is 12.8 Å². The van der Waals surface area contributed by atoms with Gasteiger partial charge in [-0.25, -0.2) is 4.79 Å². The van der Waals surface area contributed by atoms with Crippen molar-refractivity contribution in [2.75, 3.05) is 6.61 Å². The summed E-state index contributed by atoms with van der Waals surface area (Å²) in [7, 11) is -2.77. The van der Waals surface area contributed by atoms with Crippen molar-refractivity contribution in [1.29, 1.82) is 0 Å². The highest BCUT2D eigenvalue weighted by molar-refractivity contribution is 6.99. The van der Waals surface area contributed by atoms with Gasteiger partial charge in [0.2, 0.25) is 0 Å². The van der Waals surface area contributed by atoms with Crippen LogP contribution in [-0.2, 0) is 9.16 Å². The number of benzene rings is 2. The summed E-state index contributed by atoms with van der Waals surface area (Å²) in [4.78, 5) is 14.9. The molecular formula is C30H43NO4Si. The Kier molecular flexibility index (Phi) is 7.70. The molecule has 36 heavy (non-hydrogen) atoms. The lowest BCUT2D eigenvalue weighted by atomic mass is 9.73. The SMILES string of the molecule is CC(C)(C)OC(=O)N1C(O)C[C@@H](C2CCC2)[C@@H]1CO[Si](c1ccccc1)(c1ccccc1)C(C)(C)C. The average Bonchev–Trinajstić information content (AvgIpc) is 3.08. The van der Waals surface area contributed by atoms with E-state index in [9.17, 15) is 9.90 Å². The number of carbonyl (C=O) groups is 1. The largest absolute Gasteiger partial charge is 0.444 e. The van der Waals surface area contributed by atoms with Crippen molar-refractivity contribution in [3.8, 4) is 0 Å². The predicted molar refractivity (Wildman–Crippen MR) is 147 cm³/mol. The van der Waals surface area contributed by atoms with Crippen LogP contribution in [0.4, 0.5) is 4.79 Å². The van der Waals surface area contributed by atoms with Crippen molar-refractivity contribution < 1.29 is 19.1 Å². The van der Waals surface area contributed by atoms with E-state index in [2.05, 4.69) is 69.3 Å². The number of nitrogens with zero attached hydrogens (tertiary/aromatic N) is 1. The lowest BCUT2D eigenvalue weighted by Crippen LogP contribution is -2.67. The molecule has 0 bridgehead atoms. The van der Waals surface area contributed by atoms with Crippen molar-refractivity contribution >= 4 is 24.8 Å². The van der Waals surface area contributed by atoms with Crippen molar-refractivity contribution in [2.45, 2.75) is 90.1 Å². The summed E-state index contributed by atoms with van der Waals surface area (Å²) in [5, 5.41) is 13.3. The Hall–Kier alpha value is -2.15. The standard InChI is InChI=1S/C30H43NO4Si/c1-29(2,3)35-28(33)31-26(25(20-27(31)32)22-14-13-15-22)21-34-36(30(4,5)6,23-16-9-7-10-17-23)24-18-11-8-12-19-24/h7-12,16-19,22,25-27,32H,13-15,20-21H2,1-6H3/t25-,26-,27?/m0/s1. The smallest absolute Gasteiger partial charge is 0.412 e. The van der Waals surface area contributed by atoms with Crippen molar-refractivity contribution in [3.05, 3.63) is 60.7 Å². The molecule has 1 unspecified atom stereocenters. The Bertz CT molecular complexity index is 971. The molecular weight excluding hydrogens is 466 g/mol. The first-order valence-electron chi connectivity index (χ1n) is 13.4. The zero-order valence-electron chi connectivity index (χ0n) is 22.7. The van der Waals surface area contributed by atoms with E-state index in [1.165, 1.54) is 16.8 Å². The lowest BCUT2D eigenvalue weighted by molar-refractivity contribution is -0.0315. The maximum atomic E-state index is 13.3. The summed E-state index contributed by atoms with van der Waals surface area (Å²) in [6.45, 7) is 12.8. The number of hydrogen-bond acceptors (Lipinski definition) is 4. The summed E-state index contributed by atoms with van der Waals surface area (Å²) in [5.74, 6) is 0.722. The van der Waals surface area contributed by atoms with Gasteiger partial charge in [0.1, 0.15) is 11.8 Å². The Balaban J connectivity index is 1.74. The van der Waals surface area contributed by atoms with Crippen LogP contribution in [0, 0.1) is 11.8 Å². The molecule has 2 aliphatic rings. The summed E-state index contributed by atoms with van der Waals surface area (Å²) >= 11 is 0. The van der Waals surface area contributed by atoms with E-state index >= 15 is 0 Å². The molecule has 2 aromatic rings. The molecule has 1 aliphatic carbocycles. The number of carbonyl (C=O) groups excluding carboxylic acids is 1. The van der Waals surface area contributed by atoms with Crippen LogP contribution in [0.2, 0.25) is 5.04 Å². The number of aliphatic hydroxyl groups excluding tert-OH is 1. The first kappa shape index (κ1) is 26.9. The highest BCUT2D eigenvalue weighted by Crippen LogP contribution is 2.45. The van der Waals surface area contributed by atoms with Crippen LogP contribution in [0.1, 0.15) is 67.2 Å². The van der Waals surface area contributed by atoms with Crippen LogP contribution < -0.4 is 10.4 Å². The first-order valence-corrected chi connectivity index (χ1v) is 15.3. The minimum Gasteiger partial charge on any atom is -0.444 e. The number of aliphatic hydroxyl groups is 1. The van der Waals surface area contributed by atoms with E-state index in [1.54, 1.807) is 4.90 Å². The van der Waals surface area contributed by atoms with Crippen molar-refractivity contribution in [3.63, 3.8) is 0 Å². The molecule has 0 spiro atoms. The van der Waals surface area contributed by atoms with Gasteiger partial charge < -0.3 is 14.3 Å². The molecule has 2 aromatic carbocycles. The molecule has 2 fully saturated rings. The number of ether oxygens (including phenoxy) is 1. The number of amides is 1. The van der Waals surface area contributed by atoms with Gasteiger partial charge in [0, 0.05) is 0 Å². The van der Waals surface area contributed by atoms with Crippen LogP contribution >= 0.6 is 0 Å².